The minimum atomic E-state index is -1.62. The minimum absolute atomic E-state index is 0.0190. The van der Waals surface area contributed by atoms with Gasteiger partial charge in [0.1, 0.15) is 11.7 Å². The van der Waals surface area contributed by atoms with Gasteiger partial charge in [0.15, 0.2) is 18.4 Å². The van der Waals surface area contributed by atoms with Gasteiger partial charge in [-0.05, 0) is 79.8 Å². The Kier molecular flexibility index (Phi) is 8.88. The highest BCUT2D eigenvalue weighted by molar-refractivity contribution is 5.92. The van der Waals surface area contributed by atoms with Crippen LogP contribution in [0, 0.1) is 28.6 Å². The number of allylic oxidation sites excluding steroid dienone is 1. The summed E-state index contributed by atoms with van der Waals surface area (Å²) in [6.45, 7) is 3.67. The predicted octanol–water partition coefficient (Wildman–Crippen LogP) is 3.44. The van der Waals surface area contributed by atoms with Crippen LogP contribution in [-0.4, -0.2) is 63.0 Å². The summed E-state index contributed by atoms with van der Waals surface area (Å²) in [6, 6.07) is 6.44. The fraction of sp³-hybridized carbons (Fsp3) is 0.618. The number of nitrogens with one attached hydrogen (secondary N) is 1. The van der Waals surface area contributed by atoms with Crippen LogP contribution in [0.1, 0.15) is 89.7 Å². The number of carbonyl (C=O) groups excluding carboxylic acids is 4. The van der Waals surface area contributed by atoms with Crippen molar-refractivity contribution in [3.05, 3.63) is 47.5 Å². The predicted molar refractivity (Wildman–Crippen MR) is 158 cm³/mol. The van der Waals surface area contributed by atoms with Crippen molar-refractivity contribution in [1.29, 1.82) is 0 Å². The SMILES string of the molecule is CC12CCC(=O)C=C1CCC1C2CCC2(C)C1CCC2(O)C(=O)COC(=O)CCC(=O)NC(C(=O)O)C(O)c1ccccc1. The molecular weight excluding hydrogens is 566 g/mol. The Morgan fingerprint density at radius 3 is 2.39 bits per heavy atom. The van der Waals surface area contributed by atoms with E-state index in [9.17, 15) is 39.3 Å². The van der Waals surface area contributed by atoms with Crippen molar-refractivity contribution in [3.8, 4) is 0 Å². The number of carboxylic acid groups (broad SMARTS) is 1. The second-order valence-corrected chi connectivity index (χ2v) is 13.6. The van der Waals surface area contributed by atoms with Gasteiger partial charge in [-0.2, -0.15) is 0 Å². The molecule has 0 bridgehead atoms. The number of aliphatic carboxylic acids is 1. The fourth-order valence-electron chi connectivity index (χ4n) is 8.95. The highest BCUT2D eigenvalue weighted by atomic mass is 16.5. The van der Waals surface area contributed by atoms with E-state index >= 15 is 0 Å². The molecule has 0 aliphatic heterocycles. The molecule has 4 aliphatic carbocycles. The Morgan fingerprint density at radius 2 is 1.68 bits per heavy atom. The van der Waals surface area contributed by atoms with Crippen LogP contribution in [0.5, 0.6) is 0 Å². The van der Waals surface area contributed by atoms with Crippen molar-refractivity contribution in [1.82, 2.24) is 5.32 Å². The van der Waals surface area contributed by atoms with E-state index in [2.05, 4.69) is 12.2 Å². The molecule has 1 amide bonds. The molecule has 0 radical (unpaired) electrons. The lowest BCUT2D eigenvalue weighted by Gasteiger charge is -2.58. The number of Topliss-reactive ketones (excluding diaryl/α,β-unsaturated/α-hetero) is 1. The number of ether oxygens (including phenoxy) is 1. The van der Waals surface area contributed by atoms with Crippen molar-refractivity contribution in [3.63, 3.8) is 0 Å². The zero-order valence-electron chi connectivity index (χ0n) is 25.4. The normalized spacial score (nSPS) is 34.0. The maximum atomic E-state index is 13.4. The number of aliphatic hydroxyl groups excluding tert-OH is 1. The first kappa shape index (κ1) is 32.0. The van der Waals surface area contributed by atoms with E-state index in [1.807, 2.05) is 13.0 Å². The molecule has 0 spiro atoms. The summed E-state index contributed by atoms with van der Waals surface area (Å²) < 4.78 is 5.20. The number of benzene rings is 1. The van der Waals surface area contributed by atoms with Gasteiger partial charge in [0, 0.05) is 18.3 Å². The van der Waals surface area contributed by atoms with Gasteiger partial charge in [-0.25, -0.2) is 4.79 Å². The Balaban J connectivity index is 1.14. The van der Waals surface area contributed by atoms with Gasteiger partial charge in [0.2, 0.25) is 11.7 Å². The average molecular weight is 610 g/mol. The molecule has 10 nitrogen and oxygen atoms in total. The van der Waals surface area contributed by atoms with E-state index < -0.39 is 66.2 Å². The summed E-state index contributed by atoms with van der Waals surface area (Å²) in [6.07, 6.45) is 5.34. The molecule has 3 fully saturated rings. The van der Waals surface area contributed by atoms with E-state index in [4.69, 9.17) is 4.74 Å². The molecule has 0 aromatic heterocycles. The third kappa shape index (κ3) is 5.62. The monoisotopic (exact) mass is 609 g/mol. The van der Waals surface area contributed by atoms with Crippen LogP contribution in [0.3, 0.4) is 0 Å². The number of rotatable bonds is 10. The Bertz CT molecular complexity index is 1360. The lowest BCUT2D eigenvalue weighted by atomic mass is 9.46. The van der Waals surface area contributed by atoms with Crippen LogP contribution >= 0.6 is 0 Å². The number of fused-ring (bicyclic) bond motifs is 5. The molecule has 10 heteroatoms. The first-order valence-electron chi connectivity index (χ1n) is 15.7. The number of carboxylic acids is 1. The molecule has 0 saturated heterocycles. The van der Waals surface area contributed by atoms with Crippen LogP contribution in [-0.2, 0) is 28.7 Å². The van der Waals surface area contributed by atoms with Gasteiger partial charge in [0.05, 0.1) is 6.42 Å². The van der Waals surface area contributed by atoms with E-state index in [0.717, 1.165) is 25.7 Å². The molecule has 4 N–H and O–H groups in total. The van der Waals surface area contributed by atoms with E-state index in [-0.39, 0.29) is 17.1 Å². The fourth-order valence-corrected chi connectivity index (χ4v) is 8.95. The lowest BCUT2D eigenvalue weighted by Crippen LogP contribution is -2.58. The van der Waals surface area contributed by atoms with Crippen LogP contribution in [0.25, 0.3) is 0 Å². The number of carbonyl (C=O) groups is 5. The molecular formula is C34H43NO9. The first-order chi connectivity index (χ1) is 20.8. The molecule has 0 heterocycles. The summed E-state index contributed by atoms with van der Waals surface area (Å²) in [5, 5.41) is 34.0. The Morgan fingerprint density at radius 1 is 0.977 bits per heavy atom. The number of esters is 1. The number of aliphatic hydroxyl groups is 2. The summed E-state index contributed by atoms with van der Waals surface area (Å²) in [4.78, 5) is 62.1. The van der Waals surface area contributed by atoms with Gasteiger partial charge in [0.25, 0.3) is 0 Å². The molecule has 8 atom stereocenters. The number of ketones is 2. The zero-order chi connectivity index (χ0) is 31.9. The quantitative estimate of drug-likeness (QED) is 0.291. The third-order valence-electron chi connectivity index (χ3n) is 11.5. The van der Waals surface area contributed by atoms with Crippen LogP contribution in [0.2, 0.25) is 0 Å². The topological polar surface area (TPSA) is 167 Å². The van der Waals surface area contributed by atoms with Crippen molar-refractivity contribution in [2.75, 3.05) is 6.61 Å². The van der Waals surface area contributed by atoms with E-state index in [0.29, 0.717) is 43.1 Å². The van der Waals surface area contributed by atoms with Crippen LogP contribution < -0.4 is 5.32 Å². The maximum absolute atomic E-state index is 13.4. The molecule has 3 saturated carbocycles. The van der Waals surface area contributed by atoms with Gasteiger partial charge in [-0.3, -0.25) is 19.2 Å². The summed E-state index contributed by atoms with van der Waals surface area (Å²) >= 11 is 0. The molecule has 238 valence electrons. The van der Waals surface area contributed by atoms with Crippen molar-refractivity contribution in [2.45, 2.75) is 95.8 Å². The van der Waals surface area contributed by atoms with Gasteiger partial charge >= 0.3 is 11.9 Å². The number of hydrogen-bond donors (Lipinski definition) is 4. The first-order valence-corrected chi connectivity index (χ1v) is 15.7. The van der Waals surface area contributed by atoms with Gasteiger partial charge in [-0.15, -0.1) is 0 Å². The van der Waals surface area contributed by atoms with Crippen LogP contribution in [0.15, 0.2) is 42.0 Å². The number of hydrogen-bond acceptors (Lipinski definition) is 8. The summed E-state index contributed by atoms with van der Waals surface area (Å²) in [5.41, 5.74) is -0.714. The standard InChI is InChI=1S/C34H43NO9/c1-32-15-12-22(36)18-21(32)8-9-23-24(32)13-16-33(2)25(23)14-17-34(33,43)26(37)19-44-28(39)11-10-27(38)35-29(31(41)42)30(40)20-6-4-3-5-7-20/h3-7,18,23-25,29-30,40,43H,8-17,19H2,1-2H3,(H,35,38)(H,41,42). The van der Waals surface area contributed by atoms with Gasteiger partial charge in [-0.1, -0.05) is 49.8 Å². The summed E-state index contributed by atoms with van der Waals surface area (Å²) in [7, 11) is 0. The highest BCUT2D eigenvalue weighted by Gasteiger charge is 2.66. The van der Waals surface area contributed by atoms with Crippen molar-refractivity contribution < 1.29 is 44.0 Å². The second kappa shape index (κ2) is 12.2. The average Bonchev–Trinajstić information content (AvgIpc) is 3.29. The smallest absolute Gasteiger partial charge is 0.329 e. The van der Waals surface area contributed by atoms with Crippen molar-refractivity contribution >= 4 is 29.4 Å². The van der Waals surface area contributed by atoms with Crippen LogP contribution in [0.4, 0.5) is 0 Å². The molecule has 1 aromatic rings. The second-order valence-electron chi connectivity index (χ2n) is 13.6. The molecule has 1 aromatic carbocycles. The largest absolute Gasteiger partial charge is 0.480 e. The lowest BCUT2D eigenvalue weighted by molar-refractivity contribution is -0.170. The van der Waals surface area contributed by atoms with Gasteiger partial charge < -0.3 is 25.4 Å². The molecule has 8 unspecified atom stereocenters. The molecule has 4 aliphatic rings. The highest BCUT2D eigenvalue weighted by Crippen LogP contribution is 2.67. The maximum Gasteiger partial charge on any atom is 0.329 e. The Labute approximate surface area is 257 Å². The minimum Gasteiger partial charge on any atom is -0.480 e. The van der Waals surface area contributed by atoms with E-state index in [1.54, 1.807) is 18.2 Å². The number of amides is 1. The Hall–Kier alpha value is -3.37. The molecule has 5 rings (SSSR count). The zero-order valence-corrected chi connectivity index (χ0v) is 25.4. The third-order valence-corrected chi connectivity index (χ3v) is 11.5. The molecule has 44 heavy (non-hydrogen) atoms. The van der Waals surface area contributed by atoms with Crippen molar-refractivity contribution in [2.24, 2.45) is 28.6 Å². The summed E-state index contributed by atoms with van der Waals surface area (Å²) in [5.74, 6) is -2.44. The van der Waals surface area contributed by atoms with E-state index in [1.165, 1.54) is 17.7 Å².